The van der Waals surface area contributed by atoms with E-state index in [4.69, 9.17) is 0 Å². The highest BCUT2D eigenvalue weighted by Gasteiger charge is 2.14. The van der Waals surface area contributed by atoms with Crippen LogP contribution in [-0.4, -0.2) is 18.1 Å². The summed E-state index contributed by atoms with van der Waals surface area (Å²) in [5.74, 6) is 0. The number of anilines is 2. The van der Waals surface area contributed by atoms with Gasteiger partial charge >= 0.3 is 0 Å². The molecule has 2 heterocycles. The van der Waals surface area contributed by atoms with Crippen LogP contribution in [0.1, 0.15) is 24.0 Å². The van der Waals surface area contributed by atoms with Crippen LogP contribution in [0.2, 0.25) is 0 Å². The standard InChI is InChI=1S/C17H21N3/c1-14-10-16(13-18-11-14)19-12-15-6-2-3-7-17(15)20-8-4-5-9-20/h2-3,6-7,10-11,13,19H,4-5,8-9,12H2,1H3. The molecular formula is C17H21N3. The molecule has 1 N–H and O–H groups in total. The topological polar surface area (TPSA) is 28.2 Å². The minimum Gasteiger partial charge on any atom is -0.380 e. The molecule has 1 aliphatic heterocycles. The van der Waals surface area contributed by atoms with Gasteiger partial charge in [0.1, 0.15) is 0 Å². The molecule has 0 amide bonds. The third kappa shape index (κ3) is 2.93. The van der Waals surface area contributed by atoms with Crippen molar-refractivity contribution in [3.63, 3.8) is 0 Å². The molecule has 104 valence electrons. The Bertz CT molecular complexity index is 574. The van der Waals surface area contributed by atoms with E-state index in [1.54, 1.807) is 0 Å². The second-order valence-corrected chi connectivity index (χ2v) is 5.43. The molecule has 1 aromatic heterocycles. The molecule has 0 unspecified atom stereocenters. The van der Waals surface area contributed by atoms with Gasteiger partial charge in [0.15, 0.2) is 0 Å². The maximum absolute atomic E-state index is 4.22. The first-order chi connectivity index (χ1) is 9.83. The van der Waals surface area contributed by atoms with Crippen LogP contribution in [0.15, 0.2) is 42.7 Å². The van der Waals surface area contributed by atoms with Crippen LogP contribution in [0, 0.1) is 6.92 Å². The molecule has 0 spiro atoms. The van der Waals surface area contributed by atoms with Gasteiger partial charge in [-0.1, -0.05) is 18.2 Å². The Labute approximate surface area is 120 Å². The Hall–Kier alpha value is -2.03. The number of nitrogens with one attached hydrogen (secondary N) is 1. The molecule has 1 aromatic carbocycles. The molecule has 1 fully saturated rings. The molecular weight excluding hydrogens is 246 g/mol. The second-order valence-electron chi connectivity index (χ2n) is 5.43. The summed E-state index contributed by atoms with van der Waals surface area (Å²) < 4.78 is 0. The van der Waals surface area contributed by atoms with E-state index in [9.17, 15) is 0 Å². The monoisotopic (exact) mass is 267 g/mol. The lowest BCUT2D eigenvalue weighted by molar-refractivity contribution is 0.949. The number of aromatic nitrogens is 1. The van der Waals surface area contributed by atoms with E-state index in [0.717, 1.165) is 12.2 Å². The van der Waals surface area contributed by atoms with Crippen molar-refractivity contribution < 1.29 is 0 Å². The number of pyridine rings is 1. The summed E-state index contributed by atoms with van der Waals surface area (Å²) in [5.41, 5.74) is 5.00. The molecule has 0 radical (unpaired) electrons. The van der Waals surface area contributed by atoms with E-state index in [1.807, 2.05) is 12.4 Å². The van der Waals surface area contributed by atoms with Crippen molar-refractivity contribution in [2.75, 3.05) is 23.3 Å². The summed E-state index contributed by atoms with van der Waals surface area (Å²) in [6.45, 7) is 5.28. The van der Waals surface area contributed by atoms with Crippen LogP contribution in [-0.2, 0) is 6.54 Å². The van der Waals surface area contributed by atoms with Crippen molar-refractivity contribution in [3.05, 3.63) is 53.9 Å². The van der Waals surface area contributed by atoms with Crippen LogP contribution in [0.4, 0.5) is 11.4 Å². The maximum atomic E-state index is 4.22. The number of hydrogen-bond donors (Lipinski definition) is 1. The van der Waals surface area contributed by atoms with E-state index in [-0.39, 0.29) is 0 Å². The lowest BCUT2D eigenvalue weighted by Crippen LogP contribution is -2.19. The molecule has 0 aliphatic carbocycles. The summed E-state index contributed by atoms with van der Waals surface area (Å²) in [6.07, 6.45) is 6.38. The van der Waals surface area contributed by atoms with Gasteiger partial charge in [0.05, 0.1) is 5.69 Å². The number of nitrogens with zero attached hydrogens (tertiary/aromatic N) is 2. The number of aryl methyl sites for hydroxylation is 1. The number of benzene rings is 1. The smallest absolute Gasteiger partial charge is 0.0532 e. The third-order valence-electron chi connectivity index (χ3n) is 3.80. The van der Waals surface area contributed by atoms with Crippen LogP contribution in [0.5, 0.6) is 0 Å². The van der Waals surface area contributed by atoms with Crippen molar-refractivity contribution in [1.29, 1.82) is 0 Å². The fraction of sp³-hybridized carbons (Fsp3) is 0.353. The molecule has 1 saturated heterocycles. The van der Waals surface area contributed by atoms with Crippen molar-refractivity contribution in [3.8, 4) is 0 Å². The predicted molar refractivity (Wildman–Crippen MR) is 84.2 cm³/mol. The zero-order valence-electron chi connectivity index (χ0n) is 12.0. The quantitative estimate of drug-likeness (QED) is 0.917. The second kappa shape index (κ2) is 5.95. The first-order valence-corrected chi connectivity index (χ1v) is 7.31. The Morgan fingerprint density at radius 3 is 2.75 bits per heavy atom. The highest BCUT2D eigenvalue weighted by atomic mass is 15.1. The molecule has 0 saturated carbocycles. The lowest BCUT2D eigenvalue weighted by Gasteiger charge is -2.21. The number of hydrogen-bond acceptors (Lipinski definition) is 3. The predicted octanol–water partition coefficient (Wildman–Crippen LogP) is 3.60. The van der Waals surface area contributed by atoms with Crippen LogP contribution < -0.4 is 10.2 Å². The zero-order valence-corrected chi connectivity index (χ0v) is 12.0. The fourth-order valence-electron chi connectivity index (χ4n) is 2.78. The van der Waals surface area contributed by atoms with Gasteiger partial charge < -0.3 is 10.2 Å². The summed E-state index contributed by atoms with van der Waals surface area (Å²) >= 11 is 0. The molecule has 0 atom stereocenters. The van der Waals surface area contributed by atoms with Crippen molar-refractivity contribution in [1.82, 2.24) is 4.98 Å². The molecule has 1 aliphatic rings. The largest absolute Gasteiger partial charge is 0.380 e. The Balaban J connectivity index is 1.74. The highest BCUT2D eigenvalue weighted by molar-refractivity contribution is 5.56. The molecule has 2 aromatic rings. The number of para-hydroxylation sites is 1. The first-order valence-electron chi connectivity index (χ1n) is 7.31. The van der Waals surface area contributed by atoms with Crippen molar-refractivity contribution in [2.45, 2.75) is 26.3 Å². The van der Waals surface area contributed by atoms with Gasteiger partial charge in [-0.15, -0.1) is 0 Å². The van der Waals surface area contributed by atoms with E-state index in [2.05, 4.69) is 52.5 Å². The van der Waals surface area contributed by atoms with Gasteiger partial charge in [-0.2, -0.15) is 0 Å². The normalized spacial score (nSPS) is 14.6. The molecule has 0 bridgehead atoms. The average molecular weight is 267 g/mol. The van der Waals surface area contributed by atoms with Crippen LogP contribution >= 0.6 is 0 Å². The molecule has 3 nitrogen and oxygen atoms in total. The molecule has 20 heavy (non-hydrogen) atoms. The van der Waals surface area contributed by atoms with E-state index in [1.165, 1.54) is 42.7 Å². The van der Waals surface area contributed by atoms with Gasteiger partial charge in [0.2, 0.25) is 0 Å². The third-order valence-corrected chi connectivity index (χ3v) is 3.80. The van der Waals surface area contributed by atoms with Crippen LogP contribution in [0.3, 0.4) is 0 Å². The van der Waals surface area contributed by atoms with Crippen LogP contribution in [0.25, 0.3) is 0 Å². The summed E-state index contributed by atoms with van der Waals surface area (Å²) in [7, 11) is 0. The highest BCUT2D eigenvalue weighted by Crippen LogP contribution is 2.25. The summed E-state index contributed by atoms with van der Waals surface area (Å²) in [4.78, 5) is 6.72. The summed E-state index contributed by atoms with van der Waals surface area (Å²) in [5, 5.41) is 3.48. The average Bonchev–Trinajstić information content (AvgIpc) is 3.00. The lowest BCUT2D eigenvalue weighted by atomic mass is 10.1. The Kier molecular flexibility index (Phi) is 3.86. The minimum absolute atomic E-state index is 0.845. The zero-order chi connectivity index (χ0) is 13.8. The van der Waals surface area contributed by atoms with Crippen molar-refractivity contribution in [2.24, 2.45) is 0 Å². The van der Waals surface area contributed by atoms with E-state index in [0.29, 0.717) is 0 Å². The fourth-order valence-corrected chi connectivity index (χ4v) is 2.78. The molecule has 3 heteroatoms. The molecule has 3 rings (SSSR count). The van der Waals surface area contributed by atoms with E-state index < -0.39 is 0 Å². The van der Waals surface area contributed by atoms with Gasteiger partial charge in [-0.3, -0.25) is 4.98 Å². The van der Waals surface area contributed by atoms with Gasteiger partial charge in [-0.25, -0.2) is 0 Å². The maximum Gasteiger partial charge on any atom is 0.0532 e. The SMILES string of the molecule is Cc1cncc(NCc2ccccc2N2CCCC2)c1. The van der Waals surface area contributed by atoms with Gasteiger partial charge in [-0.05, 0) is 43.0 Å². The number of rotatable bonds is 4. The minimum atomic E-state index is 0.845. The first kappa shape index (κ1) is 13.0. The van der Waals surface area contributed by atoms with Gasteiger partial charge in [0.25, 0.3) is 0 Å². The Morgan fingerprint density at radius 1 is 1.15 bits per heavy atom. The Morgan fingerprint density at radius 2 is 1.95 bits per heavy atom. The van der Waals surface area contributed by atoms with E-state index >= 15 is 0 Å². The van der Waals surface area contributed by atoms with Gasteiger partial charge in [0, 0.05) is 37.7 Å². The summed E-state index contributed by atoms with van der Waals surface area (Å²) in [6, 6.07) is 10.8. The van der Waals surface area contributed by atoms with Crippen molar-refractivity contribution >= 4 is 11.4 Å².